The van der Waals surface area contributed by atoms with Gasteiger partial charge in [-0.15, -0.1) is 11.3 Å². The highest BCUT2D eigenvalue weighted by molar-refractivity contribution is 7.16. The number of amides is 1. The Bertz CT molecular complexity index is 1640. The van der Waals surface area contributed by atoms with Crippen molar-refractivity contribution in [3.8, 4) is 0 Å². The maximum absolute atomic E-state index is 13.8. The molecule has 0 saturated carbocycles. The monoisotopic (exact) mass is 516 g/mol. The molecule has 1 N–H and O–H groups in total. The van der Waals surface area contributed by atoms with E-state index >= 15 is 0 Å². The summed E-state index contributed by atoms with van der Waals surface area (Å²) in [5.41, 5.74) is 6.27. The van der Waals surface area contributed by atoms with Gasteiger partial charge in [0.25, 0.3) is 5.91 Å². The number of aryl methyl sites for hydroxylation is 3. The molecule has 3 nitrogen and oxygen atoms in total. The Hall–Kier alpha value is -3.76. The van der Waals surface area contributed by atoms with Crippen LogP contribution in [0, 0.1) is 13.8 Å². The molecule has 0 atom stereocenters. The number of fused-ring (bicyclic) bond motifs is 3. The molecule has 1 heterocycles. The second-order valence-corrected chi connectivity index (χ2v) is 11.4. The normalized spacial score (nSPS) is 13.9. The lowest BCUT2D eigenvalue weighted by Crippen LogP contribution is -2.14. The number of aliphatic imine (C=N–C) groups is 1. The lowest BCUT2D eigenvalue weighted by atomic mass is 9.96. The van der Waals surface area contributed by atoms with Crippen LogP contribution in [-0.2, 0) is 12.8 Å². The van der Waals surface area contributed by atoms with Crippen LogP contribution in [0.3, 0.4) is 0 Å². The molecule has 0 aliphatic heterocycles. The van der Waals surface area contributed by atoms with Crippen molar-refractivity contribution in [1.29, 1.82) is 0 Å². The van der Waals surface area contributed by atoms with Gasteiger partial charge in [0, 0.05) is 22.3 Å². The Kier molecular flexibility index (Phi) is 6.82. The molecule has 0 unspecified atom stereocenters. The van der Waals surface area contributed by atoms with Crippen LogP contribution in [0.4, 0.5) is 10.7 Å². The first-order chi connectivity index (χ1) is 18.6. The van der Waals surface area contributed by atoms with Crippen LogP contribution in [0.2, 0.25) is 0 Å². The molecule has 4 heteroatoms. The Balaban J connectivity index is 1.46. The number of carbonyl (C=O) groups is 1. The van der Waals surface area contributed by atoms with Gasteiger partial charge in [0.05, 0.1) is 5.56 Å². The minimum Gasteiger partial charge on any atom is -0.322 e. The van der Waals surface area contributed by atoms with Crippen LogP contribution >= 0.6 is 11.3 Å². The largest absolute Gasteiger partial charge is 0.322 e. The van der Waals surface area contributed by atoms with E-state index in [1.807, 2.05) is 12.3 Å². The van der Waals surface area contributed by atoms with E-state index in [4.69, 9.17) is 4.99 Å². The van der Waals surface area contributed by atoms with Gasteiger partial charge in [-0.3, -0.25) is 4.79 Å². The molecular formula is C34H32N2OS. The second-order valence-electron chi connectivity index (χ2n) is 10.3. The highest BCUT2D eigenvalue weighted by atomic mass is 32.1. The number of thiophene rings is 1. The smallest absolute Gasteiger partial charge is 0.259 e. The van der Waals surface area contributed by atoms with Gasteiger partial charge in [-0.05, 0) is 96.0 Å². The predicted octanol–water partition coefficient (Wildman–Crippen LogP) is 9.33. The minimum absolute atomic E-state index is 0.0544. The van der Waals surface area contributed by atoms with Crippen LogP contribution in [0.15, 0.2) is 77.8 Å². The summed E-state index contributed by atoms with van der Waals surface area (Å²) in [5.74, 6) is -0.0544. The number of nitrogens with one attached hydrogen (secondary N) is 1. The zero-order valence-corrected chi connectivity index (χ0v) is 22.8. The van der Waals surface area contributed by atoms with E-state index in [1.165, 1.54) is 62.4 Å². The molecule has 0 spiro atoms. The van der Waals surface area contributed by atoms with Gasteiger partial charge < -0.3 is 5.32 Å². The average Bonchev–Trinajstić information content (AvgIpc) is 3.24. The van der Waals surface area contributed by atoms with Crippen molar-refractivity contribution in [2.24, 2.45) is 4.99 Å². The van der Waals surface area contributed by atoms with Crippen molar-refractivity contribution >= 4 is 55.7 Å². The summed E-state index contributed by atoms with van der Waals surface area (Å²) in [5, 5.41) is 8.74. The molecule has 0 saturated heterocycles. The molecular weight excluding hydrogens is 484 g/mol. The number of carbonyl (C=O) groups excluding carboxylic acids is 1. The zero-order valence-electron chi connectivity index (χ0n) is 22.0. The van der Waals surface area contributed by atoms with E-state index in [0.717, 1.165) is 41.1 Å². The standard InChI is InChI=1S/C34H32N2OS/c1-22-17-18-26(19-23(22)2)36-33(37)32-29-15-5-3-4-6-16-31(29)38-34(32)35-21-30-27-13-9-7-11-24(27)20-25-12-8-10-14-28(25)30/h7-14,17-21H,3-6,15-16H2,1-2H3,(H,36,37). The maximum atomic E-state index is 13.8. The summed E-state index contributed by atoms with van der Waals surface area (Å²) in [6, 6.07) is 25.3. The SMILES string of the molecule is Cc1ccc(NC(=O)c2c(N=Cc3c4ccccc4cc4ccccc34)sc3c2CCCCCC3)cc1C. The van der Waals surface area contributed by atoms with E-state index in [9.17, 15) is 4.79 Å². The molecule has 0 fully saturated rings. The quantitative estimate of drug-likeness (QED) is 0.188. The Morgan fingerprint density at radius 3 is 2.21 bits per heavy atom. The second kappa shape index (κ2) is 10.5. The van der Waals surface area contributed by atoms with E-state index in [2.05, 4.69) is 85.9 Å². The van der Waals surface area contributed by atoms with Gasteiger partial charge in [0.15, 0.2) is 0 Å². The van der Waals surface area contributed by atoms with Crippen LogP contribution < -0.4 is 5.32 Å². The fourth-order valence-corrected chi connectivity index (χ4v) is 6.78. The van der Waals surface area contributed by atoms with Gasteiger partial charge >= 0.3 is 0 Å². The summed E-state index contributed by atoms with van der Waals surface area (Å²) < 4.78 is 0. The summed E-state index contributed by atoms with van der Waals surface area (Å²) >= 11 is 1.70. The first-order valence-corrected chi connectivity index (χ1v) is 14.4. The first-order valence-electron chi connectivity index (χ1n) is 13.6. The Morgan fingerprint density at radius 1 is 0.816 bits per heavy atom. The molecule has 0 bridgehead atoms. The number of anilines is 1. The van der Waals surface area contributed by atoms with E-state index in [-0.39, 0.29) is 5.91 Å². The van der Waals surface area contributed by atoms with Crippen LogP contribution in [0.1, 0.15) is 63.2 Å². The summed E-state index contributed by atoms with van der Waals surface area (Å²) in [6.07, 6.45) is 8.70. The van der Waals surface area contributed by atoms with Crippen molar-refractivity contribution in [3.63, 3.8) is 0 Å². The zero-order chi connectivity index (χ0) is 26.1. The van der Waals surface area contributed by atoms with Crippen molar-refractivity contribution in [1.82, 2.24) is 0 Å². The Labute approximate surface area is 228 Å². The van der Waals surface area contributed by atoms with Crippen molar-refractivity contribution in [2.45, 2.75) is 52.4 Å². The summed E-state index contributed by atoms with van der Waals surface area (Å²) in [6.45, 7) is 4.17. The van der Waals surface area contributed by atoms with Gasteiger partial charge in [0.2, 0.25) is 0 Å². The number of hydrogen-bond acceptors (Lipinski definition) is 3. The molecule has 5 aromatic rings. The van der Waals surface area contributed by atoms with Crippen molar-refractivity contribution in [2.75, 3.05) is 5.32 Å². The molecule has 6 rings (SSSR count). The van der Waals surface area contributed by atoms with Gasteiger partial charge in [0.1, 0.15) is 5.00 Å². The van der Waals surface area contributed by atoms with Crippen molar-refractivity contribution in [3.05, 3.63) is 105 Å². The molecule has 1 amide bonds. The molecule has 190 valence electrons. The number of hydrogen-bond donors (Lipinski definition) is 1. The summed E-state index contributed by atoms with van der Waals surface area (Å²) in [7, 11) is 0. The third kappa shape index (κ3) is 4.77. The minimum atomic E-state index is -0.0544. The maximum Gasteiger partial charge on any atom is 0.259 e. The van der Waals surface area contributed by atoms with E-state index < -0.39 is 0 Å². The molecule has 0 radical (unpaired) electrons. The molecule has 1 aliphatic rings. The number of rotatable bonds is 4. The molecule has 38 heavy (non-hydrogen) atoms. The van der Waals surface area contributed by atoms with E-state index in [0.29, 0.717) is 0 Å². The summed E-state index contributed by atoms with van der Waals surface area (Å²) in [4.78, 5) is 20.2. The third-order valence-electron chi connectivity index (χ3n) is 7.77. The van der Waals surface area contributed by atoms with E-state index in [1.54, 1.807) is 11.3 Å². The van der Waals surface area contributed by atoms with Gasteiger partial charge in [-0.1, -0.05) is 67.4 Å². The van der Waals surface area contributed by atoms with Crippen LogP contribution in [0.25, 0.3) is 21.5 Å². The average molecular weight is 517 g/mol. The highest BCUT2D eigenvalue weighted by Crippen LogP contribution is 2.40. The molecule has 1 aromatic heterocycles. The van der Waals surface area contributed by atoms with Gasteiger partial charge in [-0.25, -0.2) is 4.99 Å². The third-order valence-corrected chi connectivity index (χ3v) is 8.97. The topological polar surface area (TPSA) is 41.5 Å². The van der Waals surface area contributed by atoms with Crippen molar-refractivity contribution < 1.29 is 4.79 Å². The fraction of sp³-hybridized carbons (Fsp3) is 0.235. The van der Waals surface area contributed by atoms with Crippen LogP contribution in [-0.4, -0.2) is 12.1 Å². The lowest BCUT2D eigenvalue weighted by molar-refractivity contribution is 0.102. The molecule has 4 aromatic carbocycles. The number of benzene rings is 4. The predicted molar refractivity (Wildman–Crippen MR) is 163 cm³/mol. The fourth-order valence-electron chi connectivity index (χ4n) is 5.55. The molecule has 1 aliphatic carbocycles. The number of nitrogens with zero attached hydrogens (tertiary/aromatic N) is 1. The lowest BCUT2D eigenvalue weighted by Gasteiger charge is -2.12. The Morgan fingerprint density at radius 2 is 1.50 bits per heavy atom. The first kappa shape index (κ1) is 24.6. The van der Waals surface area contributed by atoms with Crippen LogP contribution in [0.5, 0.6) is 0 Å². The van der Waals surface area contributed by atoms with Gasteiger partial charge in [-0.2, -0.15) is 0 Å². The highest BCUT2D eigenvalue weighted by Gasteiger charge is 2.24.